The first-order chi connectivity index (χ1) is 41.0. The van der Waals surface area contributed by atoms with E-state index in [0.29, 0.717) is 31.8 Å². The van der Waals surface area contributed by atoms with Crippen LogP contribution in [0.15, 0.2) is 60.9 Å². The third kappa shape index (κ3) is 56.7. The molecule has 0 aromatic carbocycles. The largest absolute Gasteiger partial charge is 0.498 e. The topological polar surface area (TPSA) is 116 Å². The molecule has 0 radical (unpaired) electrons. The Bertz CT molecular complexity index is 1670. The molecule has 2 aliphatic rings. The van der Waals surface area contributed by atoms with E-state index in [0.717, 1.165) is 76.1 Å². The highest BCUT2D eigenvalue weighted by Crippen LogP contribution is 2.29. The Morgan fingerprint density at radius 3 is 1.49 bits per heavy atom. The summed E-state index contributed by atoms with van der Waals surface area (Å²) < 4.78 is 17.4. The second-order valence-electron chi connectivity index (χ2n) is 25.4. The number of ether oxygens (including phenoxy) is 3. The molecule has 1 aliphatic carbocycles. The van der Waals surface area contributed by atoms with Crippen molar-refractivity contribution >= 4 is 30.3 Å². The summed E-state index contributed by atoms with van der Waals surface area (Å²) in [6.07, 6.45) is 54.4. The number of rotatable bonds is 46. The van der Waals surface area contributed by atoms with Gasteiger partial charge in [-0.25, -0.2) is 0 Å². The number of esters is 2. The molecule has 0 N–H and O–H groups in total. The molecular formula is C76H139NO8. The van der Waals surface area contributed by atoms with Crippen molar-refractivity contribution in [2.75, 3.05) is 33.4 Å². The molecule has 7 atom stereocenters. The molecule has 1 aliphatic heterocycles. The zero-order chi connectivity index (χ0) is 64.1. The van der Waals surface area contributed by atoms with Gasteiger partial charge >= 0.3 is 11.9 Å². The highest BCUT2D eigenvalue weighted by molar-refractivity contribution is 5.91. The SMILES string of the molecule is C/C=C(\C)CC(CC(=O)OCCCCCCCC)C/C(=C\C)OCCCCCCCC.C=CC(=O)C1CC[C@@H](C=C)/C=C\[C@H](OC(=O)CC(CCC(C)CCCCCCCC)CC(C)=O)C1.C=O.CC1CCN(C)C1.CCCCCCCCCC. The van der Waals surface area contributed by atoms with Crippen LogP contribution in [0.5, 0.6) is 0 Å². The maximum absolute atomic E-state index is 12.8. The lowest BCUT2D eigenvalue weighted by Gasteiger charge is -2.25. The summed E-state index contributed by atoms with van der Waals surface area (Å²) in [4.78, 5) is 59.8. The number of hydrogen-bond acceptors (Lipinski definition) is 9. The highest BCUT2D eigenvalue weighted by Gasteiger charge is 2.27. The second-order valence-corrected chi connectivity index (χ2v) is 25.4. The first-order valence-corrected chi connectivity index (χ1v) is 35.2. The molecule has 496 valence electrons. The fourth-order valence-electron chi connectivity index (χ4n) is 11.2. The molecule has 85 heavy (non-hydrogen) atoms. The Hall–Kier alpha value is -3.59. The molecule has 0 spiro atoms. The molecule has 0 saturated carbocycles. The lowest BCUT2D eigenvalue weighted by Crippen LogP contribution is -2.26. The average molecular weight is 1190 g/mol. The summed E-state index contributed by atoms with van der Waals surface area (Å²) in [6, 6.07) is 0. The van der Waals surface area contributed by atoms with E-state index in [1.54, 1.807) is 6.92 Å². The molecule has 0 aromatic heterocycles. The van der Waals surface area contributed by atoms with Crippen molar-refractivity contribution in [1.82, 2.24) is 4.90 Å². The van der Waals surface area contributed by atoms with Gasteiger partial charge in [0.1, 0.15) is 18.7 Å². The Labute approximate surface area is 527 Å². The van der Waals surface area contributed by atoms with Crippen molar-refractivity contribution in [3.05, 3.63) is 60.9 Å². The molecule has 5 unspecified atom stereocenters. The normalized spacial score (nSPS) is 18.3. The van der Waals surface area contributed by atoms with Crippen LogP contribution in [0.3, 0.4) is 0 Å². The van der Waals surface area contributed by atoms with Crippen LogP contribution in [0.25, 0.3) is 0 Å². The predicted molar refractivity (Wildman–Crippen MR) is 366 cm³/mol. The second kappa shape index (κ2) is 63.4. The number of unbranched alkanes of at least 4 members (excludes halogenated alkanes) is 22. The quantitative estimate of drug-likeness (QED) is 0.0193. The number of hydrogen-bond donors (Lipinski definition) is 0. The molecule has 1 saturated heterocycles. The van der Waals surface area contributed by atoms with Gasteiger partial charge in [-0.05, 0) is 140 Å². The van der Waals surface area contributed by atoms with E-state index in [1.807, 2.05) is 31.9 Å². The summed E-state index contributed by atoms with van der Waals surface area (Å²) in [5, 5.41) is 0. The van der Waals surface area contributed by atoms with Crippen molar-refractivity contribution in [3.63, 3.8) is 0 Å². The maximum atomic E-state index is 12.8. The van der Waals surface area contributed by atoms with Crippen molar-refractivity contribution in [1.29, 1.82) is 0 Å². The Kier molecular flexibility index (Phi) is 63.9. The van der Waals surface area contributed by atoms with Crippen LogP contribution in [0.4, 0.5) is 0 Å². The molecule has 9 nitrogen and oxygen atoms in total. The molecule has 1 heterocycles. The van der Waals surface area contributed by atoms with E-state index in [1.165, 1.54) is 185 Å². The van der Waals surface area contributed by atoms with Crippen molar-refractivity contribution in [2.45, 2.75) is 326 Å². The fourth-order valence-corrected chi connectivity index (χ4v) is 11.2. The number of ketones is 2. The Morgan fingerprint density at radius 1 is 0.565 bits per heavy atom. The van der Waals surface area contributed by atoms with Gasteiger partial charge in [-0.2, -0.15) is 0 Å². The monoisotopic (exact) mass is 1190 g/mol. The number of likely N-dealkylation sites (tertiary alicyclic amines) is 1. The molecule has 0 aromatic rings. The van der Waals surface area contributed by atoms with Gasteiger partial charge in [0, 0.05) is 38.1 Å². The molecule has 2 rings (SSSR count). The lowest BCUT2D eigenvalue weighted by molar-refractivity contribution is -0.149. The first kappa shape index (κ1) is 85.6. The van der Waals surface area contributed by atoms with Crippen LogP contribution in [0.1, 0.15) is 320 Å². The minimum Gasteiger partial charge on any atom is -0.498 e. The minimum absolute atomic E-state index is 0.00188. The number of carbonyl (C=O) groups is 5. The van der Waals surface area contributed by atoms with Crippen LogP contribution < -0.4 is 0 Å². The van der Waals surface area contributed by atoms with Gasteiger partial charge in [0.2, 0.25) is 0 Å². The van der Waals surface area contributed by atoms with Crippen molar-refractivity contribution < 1.29 is 38.2 Å². The summed E-state index contributed by atoms with van der Waals surface area (Å²) in [5.41, 5.74) is 1.32. The van der Waals surface area contributed by atoms with Gasteiger partial charge in [-0.3, -0.25) is 14.4 Å². The van der Waals surface area contributed by atoms with Crippen LogP contribution in [-0.2, 0) is 38.2 Å². The van der Waals surface area contributed by atoms with Crippen molar-refractivity contribution in [3.8, 4) is 0 Å². The van der Waals surface area contributed by atoms with Crippen LogP contribution in [-0.4, -0.2) is 74.6 Å². The average Bonchev–Trinajstić information content (AvgIpc) is 3.90. The number of carbonyl (C=O) groups excluding carboxylic acids is 5. The van der Waals surface area contributed by atoms with E-state index in [2.05, 4.69) is 99.6 Å². The zero-order valence-corrected chi connectivity index (χ0v) is 58.0. The molecule has 0 amide bonds. The summed E-state index contributed by atoms with van der Waals surface area (Å²) >= 11 is 0. The predicted octanol–water partition coefficient (Wildman–Crippen LogP) is 21.8. The summed E-state index contributed by atoms with van der Waals surface area (Å²) in [6.45, 7) is 37.1. The third-order valence-corrected chi connectivity index (χ3v) is 16.8. The van der Waals surface area contributed by atoms with Crippen LogP contribution in [0, 0.1) is 35.5 Å². The van der Waals surface area contributed by atoms with Gasteiger partial charge in [0.25, 0.3) is 0 Å². The number of Topliss-reactive ketones (excluding diaryl/α,β-unsaturated/α-hetero) is 1. The Morgan fingerprint density at radius 2 is 1.06 bits per heavy atom. The molecule has 9 heteroatoms. The molecule has 0 bridgehead atoms. The maximum Gasteiger partial charge on any atom is 0.306 e. The van der Waals surface area contributed by atoms with Gasteiger partial charge in [-0.15, -0.1) is 6.58 Å². The van der Waals surface area contributed by atoms with Gasteiger partial charge in [-0.1, -0.05) is 246 Å². The molecule has 1 fully saturated rings. The van der Waals surface area contributed by atoms with E-state index in [-0.39, 0.29) is 53.6 Å². The summed E-state index contributed by atoms with van der Waals surface area (Å²) in [7, 11) is 2.18. The highest BCUT2D eigenvalue weighted by atomic mass is 16.5. The smallest absolute Gasteiger partial charge is 0.306 e. The van der Waals surface area contributed by atoms with E-state index in [9.17, 15) is 19.2 Å². The first-order valence-electron chi connectivity index (χ1n) is 35.2. The van der Waals surface area contributed by atoms with Gasteiger partial charge in [0.15, 0.2) is 5.78 Å². The number of allylic oxidation sites excluding steroid dienone is 7. The minimum atomic E-state index is -0.441. The molecular weight excluding hydrogens is 1050 g/mol. The van der Waals surface area contributed by atoms with E-state index < -0.39 is 6.10 Å². The Balaban J connectivity index is -0.00000121. The fraction of sp³-hybridized carbons (Fsp3) is 0.803. The van der Waals surface area contributed by atoms with Crippen LogP contribution in [0.2, 0.25) is 0 Å². The van der Waals surface area contributed by atoms with Gasteiger partial charge < -0.3 is 28.7 Å². The third-order valence-electron chi connectivity index (χ3n) is 16.8. The van der Waals surface area contributed by atoms with E-state index in [4.69, 9.17) is 19.0 Å². The van der Waals surface area contributed by atoms with Crippen molar-refractivity contribution in [2.24, 2.45) is 35.5 Å². The lowest BCUT2D eigenvalue weighted by atomic mass is 9.85. The zero-order valence-electron chi connectivity index (χ0n) is 58.0. The number of nitrogens with zero attached hydrogens (tertiary/aromatic N) is 1. The standard InChI is InChI=1S/C31H50O4.C28H52O3.C10H22.C6H13N.CH2O/c1-6-9-10-11-12-13-14-24(4)15-16-27(21-25(5)32)22-31(34)35-29-20-18-26(7-2)17-19-28(23-29)30(33)8-3;1-6-10-12-14-16-18-20-30-27(9-4)23-26(22-25(5)8-3)24-28(29)31-21-19-17-15-13-11-7-2;1-3-5-7-9-10-8-6-4-2;1-6-3-4-7(2)5-6;1-2/h7-8,18,20,24,26-29H,2-3,6,9-17,19,21-23H2,1,4-5H3;8-9,26H,6-7,10-24H2,1-5H3;3-10H2,1-2H3;6H,3-5H2,1-2H3;1H2/b20-18-;25-8+,27-9+;;;/t24?,26-,27?,28?,29+;;;;/m1..../s1. The van der Waals surface area contributed by atoms with E-state index >= 15 is 0 Å². The summed E-state index contributed by atoms with van der Waals surface area (Å²) in [5.74, 6) is 2.55. The van der Waals surface area contributed by atoms with Crippen LogP contribution >= 0.6 is 0 Å². The van der Waals surface area contributed by atoms with Gasteiger partial charge in [0.05, 0.1) is 19.0 Å².